The number of aliphatic carboxylic acids is 1. The fourth-order valence-corrected chi connectivity index (χ4v) is 3.85. The third kappa shape index (κ3) is 2.95. The monoisotopic (exact) mass is 288 g/mol. The summed E-state index contributed by atoms with van der Waals surface area (Å²) in [4.78, 5) is 13.9. The van der Waals surface area contributed by atoms with Crippen molar-refractivity contribution in [3.05, 3.63) is 16.0 Å². The number of terminal acetylenes is 1. The Bertz CT molecular complexity index is 592. The van der Waals surface area contributed by atoms with E-state index in [0.717, 1.165) is 36.2 Å². The standard InChI is InChI=1S/C15H16N2O2S/c1-2-8-17(9-7-14(18)19)15-12(10-16)11-5-3-4-6-13(11)20-15/h1H,3-9H2,(H,18,19). The zero-order valence-corrected chi connectivity index (χ0v) is 12.0. The van der Waals surface area contributed by atoms with Crippen LogP contribution in [0.5, 0.6) is 0 Å². The van der Waals surface area contributed by atoms with Crippen LogP contribution in [-0.2, 0) is 17.6 Å². The molecule has 1 aromatic rings. The summed E-state index contributed by atoms with van der Waals surface area (Å²) in [6.07, 6.45) is 9.61. The SMILES string of the molecule is C#CCN(CCC(=O)O)c1sc2c(c1C#N)CCCC2. The molecule has 2 rings (SSSR count). The molecule has 0 saturated carbocycles. The van der Waals surface area contributed by atoms with Crippen LogP contribution in [0, 0.1) is 23.7 Å². The number of carbonyl (C=O) groups is 1. The topological polar surface area (TPSA) is 64.3 Å². The number of nitriles is 1. The van der Waals surface area contributed by atoms with E-state index in [0.29, 0.717) is 18.7 Å². The third-order valence-electron chi connectivity index (χ3n) is 3.43. The summed E-state index contributed by atoms with van der Waals surface area (Å²) in [6, 6.07) is 2.28. The first-order chi connectivity index (χ1) is 9.67. The van der Waals surface area contributed by atoms with Gasteiger partial charge in [0, 0.05) is 11.4 Å². The highest BCUT2D eigenvalue weighted by molar-refractivity contribution is 7.16. The molecular formula is C15H16N2O2S. The van der Waals surface area contributed by atoms with E-state index < -0.39 is 5.97 Å². The summed E-state index contributed by atoms with van der Waals surface area (Å²) < 4.78 is 0. The van der Waals surface area contributed by atoms with Crippen molar-refractivity contribution in [2.45, 2.75) is 32.1 Å². The molecule has 1 heterocycles. The molecule has 1 N–H and O–H groups in total. The Labute approximate surface area is 122 Å². The highest BCUT2D eigenvalue weighted by atomic mass is 32.1. The van der Waals surface area contributed by atoms with E-state index in [1.807, 2.05) is 4.90 Å². The zero-order chi connectivity index (χ0) is 14.5. The molecule has 5 heteroatoms. The van der Waals surface area contributed by atoms with Crippen LogP contribution in [0.4, 0.5) is 5.00 Å². The normalized spacial score (nSPS) is 13.1. The smallest absolute Gasteiger partial charge is 0.305 e. The molecule has 1 aromatic heterocycles. The number of aryl methyl sites for hydroxylation is 1. The van der Waals surface area contributed by atoms with Crippen molar-refractivity contribution in [3.63, 3.8) is 0 Å². The van der Waals surface area contributed by atoms with Crippen molar-refractivity contribution >= 4 is 22.3 Å². The number of rotatable bonds is 5. The Hall–Kier alpha value is -1.98. The highest BCUT2D eigenvalue weighted by Crippen LogP contribution is 2.39. The average Bonchev–Trinajstić information content (AvgIpc) is 2.81. The minimum Gasteiger partial charge on any atom is -0.481 e. The van der Waals surface area contributed by atoms with E-state index in [1.165, 1.54) is 4.88 Å². The van der Waals surface area contributed by atoms with Crippen molar-refractivity contribution in [1.82, 2.24) is 0 Å². The predicted molar refractivity (Wildman–Crippen MR) is 79.0 cm³/mol. The fraction of sp³-hybridized carbons (Fsp3) is 0.467. The number of thiophene rings is 1. The minimum atomic E-state index is -0.855. The summed E-state index contributed by atoms with van der Waals surface area (Å²) in [5.74, 6) is 1.70. The van der Waals surface area contributed by atoms with Gasteiger partial charge in [0.2, 0.25) is 0 Å². The lowest BCUT2D eigenvalue weighted by molar-refractivity contribution is -0.136. The second-order valence-electron chi connectivity index (χ2n) is 4.77. The van der Waals surface area contributed by atoms with E-state index in [-0.39, 0.29) is 6.42 Å². The van der Waals surface area contributed by atoms with Crippen molar-refractivity contribution in [1.29, 1.82) is 5.26 Å². The minimum absolute atomic E-state index is 0.0229. The molecule has 20 heavy (non-hydrogen) atoms. The number of nitrogens with zero attached hydrogens (tertiary/aromatic N) is 2. The van der Waals surface area contributed by atoms with Crippen LogP contribution in [0.25, 0.3) is 0 Å². The Balaban J connectivity index is 2.33. The molecule has 0 fully saturated rings. The second-order valence-corrected chi connectivity index (χ2v) is 5.86. The van der Waals surface area contributed by atoms with Gasteiger partial charge in [0.1, 0.15) is 11.1 Å². The summed E-state index contributed by atoms with van der Waals surface area (Å²) in [7, 11) is 0. The van der Waals surface area contributed by atoms with E-state index in [4.69, 9.17) is 11.5 Å². The fourth-order valence-electron chi connectivity index (χ4n) is 2.48. The molecule has 0 bridgehead atoms. The molecule has 0 radical (unpaired) electrons. The van der Waals surface area contributed by atoms with Crippen molar-refractivity contribution in [2.75, 3.05) is 18.0 Å². The summed E-state index contributed by atoms with van der Waals surface area (Å²) in [6.45, 7) is 0.676. The largest absolute Gasteiger partial charge is 0.481 e. The number of anilines is 1. The van der Waals surface area contributed by atoms with Gasteiger partial charge in [-0.25, -0.2) is 0 Å². The molecular weight excluding hydrogens is 272 g/mol. The number of carboxylic acids is 1. The van der Waals surface area contributed by atoms with Gasteiger partial charge in [0.05, 0.1) is 18.5 Å². The van der Waals surface area contributed by atoms with Crippen molar-refractivity contribution in [2.24, 2.45) is 0 Å². The maximum atomic E-state index is 10.7. The molecule has 0 atom stereocenters. The van der Waals surface area contributed by atoms with Crippen LogP contribution in [0.3, 0.4) is 0 Å². The molecule has 0 spiro atoms. The van der Waals surface area contributed by atoms with Gasteiger partial charge in [-0.3, -0.25) is 4.79 Å². The Morgan fingerprint density at radius 3 is 2.85 bits per heavy atom. The lowest BCUT2D eigenvalue weighted by Crippen LogP contribution is -2.26. The summed E-state index contributed by atoms with van der Waals surface area (Å²) in [5, 5.41) is 19.1. The van der Waals surface area contributed by atoms with E-state index >= 15 is 0 Å². The molecule has 104 valence electrons. The predicted octanol–water partition coefficient (Wildman–Crippen LogP) is 2.41. The first kappa shape index (κ1) is 14.4. The first-order valence-electron chi connectivity index (χ1n) is 6.62. The number of carboxylic acid groups (broad SMARTS) is 1. The van der Waals surface area contributed by atoms with Gasteiger partial charge in [-0.05, 0) is 31.2 Å². The lowest BCUT2D eigenvalue weighted by Gasteiger charge is -2.20. The number of hydrogen-bond donors (Lipinski definition) is 1. The first-order valence-corrected chi connectivity index (χ1v) is 7.44. The summed E-state index contributed by atoms with van der Waals surface area (Å²) >= 11 is 1.60. The van der Waals surface area contributed by atoms with Gasteiger partial charge in [0.25, 0.3) is 0 Å². The second kappa shape index (κ2) is 6.45. The molecule has 0 aliphatic heterocycles. The molecule has 0 aromatic carbocycles. The lowest BCUT2D eigenvalue weighted by atomic mass is 9.96. The van der Waals surface area contributed by atoms with Gasteiger partial charge in [0.15, 0.2) is 0 Å². The van der Waals surface area contributed by atoms with Crippen LogP contribution in [0.1, 0.15) is 35.3 Å². The molecule has 1 aliphatic rings. The van der Waals surface area contributed by atoms with Gasteiger partial charge in [-0.15, -0.1) is 17.8 Å². The van der Waals surface area contributed by atoms with E-state index in [9.17, 15) is 10.1 Å². The van der Waals surface area contributed by atoms with Gasteiger partial charge < -0.3 is 10.0 Å². The number of hydrogen-bond acceptors (Lipinski definition) is 4. The maximum Gasteiger partial charge on any atom is 0.305 e. The molecule has 4 nitrogen and oxygen atoms in total. The van der Waals surface area contributed by atoms with Crippen LogP contribution < -0.4 is 4.90 Å². The van der Waals surface area contributed by atoms with Crippen LogP contribution in [0.15, 0.2) is 0 Å². The maximum absolute atomic E-state index is 10.7. The van der Waals surface area contributed by atoms with Gasteiger partial charge in [-0.2, -0.15) is 5.26 Å². The molecule has 0 saturated heterocycles. The Kier molecular flexibility index (Phi) is 4.65. The van der Waals surface area contributed by atoms with Crippen LogP contribution in [0.2, 0.25) is 0 Å². The van der Waals surface area contributed by atoms with Crippen molar-refractivity contribution < 1.29 is 9.90 Å². The zero-order valence-electron chi connectivity index (χ0n) is 11.2. The van der Waals surface area contributed by atoms with Gasteiger partial charge in [-0.1, -0.05) is 5.92 Å². The molecule has 0 amide bonds. The number of fused-ring (bicyclic) bond motifs is 1. The van der Waals surface area contributed by atoms with Crippen LogP contribution in [-0.4, -0.2) is 24.2 Å². The van der Waals surface area contributed by atoms with E-state index in [1.54, 1.807) is 11.3 Å². The average molecular weight is 288 g/mol. The van der Waals surface area contributed by atoms with E-state index in [2.05, 4.69) is 12.0 Å². The molecule has 1 aliphatic carbocycles. The third-order valence-corrected chi connectivity index (χ3v) is 4.78. The summed E-state index contributed by atoms with van der Waals surface area (Å²) in [5.41, 5.74) is 1.85. The molecule has 0 unspecified atom stereocenters. The van der Waals surface area contributed by atoms with Crippen molar-refractivity contribution in [3.8, 4) is 18.4 Å². The van der Waals surface area contributed by atoms with Crippen LogP contribution >= 0.6 is 11.3 Å². The van der Waals surface area contributed by atoms with Gasteiger partial charge >= 0.3 is 5.97 Å². The Morgan fingerprint density at radius 1 is 1.45 bits per heavy atom. The Morgan fingerprint density at radius 2 is 2.20 bits per heavy atom. The quantitative estimate of drug-likeness (QED) is 0.845. The highest BCUT2D eigenvalue weighted by Gasteiger charge is 2.23.